The van der Waals surface area contributed by atoms with Gasteiger partial charge in [0.15, 0.2) is 0 Å². The molecule has 0 aliphatic rings. The van der Waals surface area contributed by atoms with E-state index in [9.17, 15) is 8.42 Å². The van der Waals surface area contributed by atoms with Crippen LogP contribution in [0.3, 0.4) is 0 Å². The third kappa shape index (κ3) is 4.71. The Kier molecular flexibility index (Phi) is 6.68. The number of sulfonamides is 1. The molecule has 0 atom stereocenters. The normalized spacial score (nSPS) is 12.4. The molecule has 2 N–H and O–H groups in total. The van der Waals surface area contributed by atoms with E-state index in [2.05, 4.69) is 17.0 Å². The number of anilines is 1. The molecule has 1 aromatic carbocycles. The third-order valence-corrected chi connectivity index (χ3v) is 5.72. The van der Waals surface area contributed by atoms with Crippen molar-refractivity contribution in [3.63, 3.8) is 0 Å². The largest absolute Gasteiger partial charge is 0.385 e. The SMILES string of the molecule is CCCNc1ccc(S(=O)(=O)NC(CC)(CC)CC)cc1. The van der Waals surface area contributed by atoms with Crippen molar-refractivity contribution in [2.24, 2.45) is 0 Å². The van der Waals surface area contributed by atoms with Crippen LogP contribution in [0, 0.1) is 0 Å². The van der Waals surface area contributed by atoms with Crippen LogP contribution in [0.1, 0.15) is 53.4 Å². The zero-order valence-corrected chi connectivity index (χ0v) is 14.4. The predicted octanol–water partition coefficient (Wildman–Crippen LogP) is 3.76. The van der Waals surface area contributed by atoms with Crippen molar-refractivity contribution >= 4 is 15.7 Å². The van der Waals surface area contributed by atoms with E-state index in [1.54, 1.807) is 12.1 Å². The van der Waals surface area contributed by atoms with Gasteiger partial charge >= 0.3 is 0 Å². The van der Waals surface area contributed by atoms with Crippen LogP contribution in [0.15, 0.2) is 29.2 Å². The lowest BCUT2D eigenvalue weighted by Gasteiger charge is -2.31. The Morgan fingerprint density at radius 2 is 1.48 bits per heavy atom. The van der Waals surface area contributed by atoms with Crippen LogP contribution in [0.5, 0.6) is 0 Å². The Morgan fingerprint density at radius 3 is 1.90 bits per heavy atom. The highest BCUT2D eigenvalue weighted by molar-refractivity contribution is 7.89. The molecule has 1 aromatic rings. The van der Waals surface area contributed by atoms with E-state index in [0.717, 1.165) is 37.9 Å². The van der Waals surface area contributed by atoms with Crippen LogP contribution in [-0.4, -0.2) is 20.5 Å². The molecule has 1 rings (SSSR count). The summed E-state index contributed by atoms with van der Waals surface area (Å²) < 4.78 is 27.9. The van der Waals surface area contributed by atoms with Gasteiger partial charge in [-0.1, -0.05) is 27.7 Å². The molecule has 0 amide bonds. The van der Waals surface area contributed by atoms with Gasteiger partial charge in [-0.25, -0.2) is 13.1 Å². The highest BCUT2D eigenvalue weighted by Gasteiger charge is 2.30. The lowest BCUT2D eigenvalue weighted by molar-refractivity contribution is 0.341. The number of hydrogen-bond acceptors (Lipinski definition) is 3. The molecule has 0 aliphatic heterocycles. The standard InChI is InChI=1S/C16H28N2O2S/c1-5-13-17-14-9-11-15(12-10-14)21(19,20)18-16(6-2,7-3)8-4/h9-12,17-18H,5-8,13H2,1-4H3. The van der Waals surface area contributed by atoms with Gasteiger partial charge in [0.2, 0.25) is 10.0 Å². The molecule has 21 heavy (non-hydrogen) atoms. The summed E-state index contributed by atoms with van der Waals surface area (Å²) in [5, 5.41) is 3.24. The molecule has 120 valence electrons. The summed E-state index contributed by atoms with van der Waals surface area (Å²) in [5.41, 5.74) is 0.598. The molecule has 0 unspecified atom stereocenters. The first-order valence-electron chi connectivity index (χ1n) is 7.81. The summed E-state index contributed by atoms with van der Waals surface area (Å²) in [7, 11) is -3.47. The molecule has 0 bridgehead atoms. The maximum absolute atomic E-state index is 12.5. The maximum atomic E-state index is 12.5. The molecule has 0 radical (unpaired) electrons. The molecule has 0 aromatic heterocycles. The van der Waals surface area contributed by atoms with Crippen molar-refractivity contribution in [2.75, 3.05) is 11.9 Å². The quantitative estimate of drug-likeness (QED) is 0.730. The second-order valence-electron chi connectivity index (χ2n) is 5.40. The Bertz CT molecular complexity index is 511. The van der Waals surface area contributed by atoms with Crippen molar-refractivity contribution in [1.29, 1.82) is 0 Å². The lowest BCUT2D eigenvalue weighted by Crippen LogP contribution is -2.46. The Morgan fingerprint density at radius 1 is 0.952 bits per heavy atom. The molecule has 0 heterocycles. The molecule has 4 nitrogen and oxygen atoms in total. The number of nitrogens with one attached hydrogen (secondary N) is 2. The van der Waals surface area contributed by atoms with Crippen LogP contribution in [0.4, 0.5) is 5.69 Å². The van der Waals surface area contributed by atoms with Gasteiger partial charge in [0.25, 0.3) is 0 Å². The van der Waals surface area contributed by atoms with Gasteiger partial charge < -0.3 is 5.32 Å². The summed E-state index contributed by atoms with van der Waals surface area (Å²) in [5.74, 6) is 0. The van der Waals surface area contributed by atoms with Gasteiger partial charge in [-0.05, 0) is 49.9 Å². The highest BCUT2D eigenvalue weighted by atomic mass is 32.2. The molecular formula is C16H28N2O2S. The predicted molar refractivity (Wildman–Crippen MR) is 89.1 cm³/mol. The minimum Gasteiger partial charge on any atom is -0.385 e. The van der Waals surface area contributed by atoms with Crippen molar-refractivity contribution in [2.45, 2.75) is 63.8 Å². The number of hydrogen-bond donors (Lipinski definition) is 2. The second-order valence-corrected chi connectivity index (χ2v) is 7.08. The van der Waals surface area contributed by atoms with Crippen molar-refractivity contribution in [1.82, 2.24) is 4.72 Å². The second kappa shape index (κ2) is 7.80. The fraction of sp³-hybridized carbons (Fsp3) is 0.625. The fourth-order valence-corrected chi connectivity index (χ4v) is 3.95. The Labute approximate surface area is 129 Å². The van der Waals surface area contributed by atoms with Gasteiger partial charge in [0.05, 0.1) is 4.90 Å². The molecule has 0 fully saturated rings. The van der Waals surface area contributed by atoms with Crippen LogP contribution in [0.2, 0.25) is 0 Å². The monoisotopic (exact) mass is 312 g/mol. The summed E-state index contributed by atoms with van der Waals surface area (Å²) in [6, 6.07) is 6.95. The van der Waals surface area contributed by atoms with E-state index in [4.69, 9.17) is 0 Å². The summed E-state index contributed by atoms with van der Waals surface area (Å²) in [6.07, 6.45) is 3.40. The van der Waals surface area contributed by atoms with E-state index < -0.39 is 10.0 Å². The highest BCUT2D eigenvalue weighted by Crippen LogP contribution is 2.23. The van der Waals surface area contributed by atoms with Gasteiger partial charge in [-0.15, -0.1) is 0 Å². The third-order valence-electron chi connectivity index (χ3n) is 4.12. The van der Waals surface area contributed by atoms with Crippen molar-refractivity contribution in [3.05, 3.63) is 24.3 Å². The van der Waals surface area contributed by atoms with Crippen LogP contribution in [-0.2, 0) is 10.0 Å². The molecule has 0 saturated heterocycles. The zero-order valence-electron chi connectivity index (χ0n) is 13.6. The fourth-order valence-electron chi connectivity index (χ4n) is 2.33. The Hall–Kier alpha value is -1.07. The smallest absolute Gasteiger partial charge is 0.241 e. The van der Waals surface area contributed by atoms with E-state index in [1.807, 2.05) is 32.9 Å². The summed E-state index contributed by atoms with van der Waals surface area (Å²) in [6.45, 7) is 9.04. The summed E-state index contributed by atoms with van der Waals surface area (Å²) >= 11 is 0. The molecule has 0 aliphatic carbocycles. The Balaban J connectivity index is 2.92. The average Bonchev–Trinajstić information content (AvgIpc) is 2.51. The first-order chi connectivity index (χ1) is 9.93. The van der Waals surface area contributed by atoms with E-state index in [1.165, 1.54) is 0 Å². The van der Waals surface area contributed by atoms with E-state index >= 15 is 0 Å². The van der Waals surface area contributed by atoms with E-state index in [0.29, 0.717) is 4.90 Å². The van der Waals surface area contributed by atoms with Gasteiger partial charge in [-0.3, -0.25) is 0 Å². The van der Waals surface area contributed by atoms with Crippen LogP contribution in [0.25, 0.3) is 0 Å². The number of benzene rings is 1. The first kappa shape index (κ1) is 18.0. The average molecular weight is 312 g/mol. The topological polar surface area (TPSA) is 58.2 Å². The minimum atomic E-state index is -3.47. The number of rotatable bonds is 9. The maximum Gasteiger partial charge on any atom is 0.241 e. The minimum absolute atomic E-state index is 0.323. The molecular weight excluding hydrogens is 284 g/mol. The molecule has 5 heteroatoms. The molecule has 0 spiro atoms. The van der Waals surface area contributed by atoms with Crippen molar-refractivity contribution in [3.8, 4) is 0 Å². The molecule has 0 saturated carbocycles. The van der Waals surface area contributed by atoms with Crippen molar-refractivity contribution < 1.29 is 8.42 Å². The lowest BCUT2D eigenvalue weighted by atomic mass is 9.91. The first-order valence-corrected chi connectivity index (χ1v) is 9.29. The van der Waals surface area contributed by atoms with Gasteiger partial charge in [-0.2, -0.15) is 0 Å². The van der Waals surface area contributed by atoms with Crippen LogP contribution >= 0.6 is 0 Å². The van der Waals surface area contributed by atoms with Gasteiger partial charge in [0, 0.05) is 17.8 Å². The van der Waals surface area contributed by atoms with Gasteiger partial charge in [0.1, 0.15) is 0 Å². The van der Waals surface area contributed by atoms with E-state index in [-0.39, 0.29) is 5.54 Å². The van der Waals surface area contributed by atoms with Crippen LogP contribution < -0.4 is 10.0 Å². The summed E-state index contributed by atoms with van der Waals surface area (Å²) in [4.78, 5) is 0.323. The zero-order chi connectivity index (χ0) is 15.9.